The van der Waals surface area contributed by atoms with Crippen LogP contribution in [0.15, 0.2) is 89.7 Å². The third-order valence-corrected chi connectivity index (χ3v) is 8.45. The van der Waals surface area contributed by atoms with Gasteiger partial charge in [-0.3, -0.25) is 14.7 Å². The van der Waals surface area contributed by atoms with Crippen LogP contribution in [0.1, 0.15) is 65.2 Å². The summed E-state index contributed by atoms with van der Waals surface area (Å²) in [5.74, 6) is -1.35. The van der Waals surface area contributed by atoms with Crippen molar-refractivity contribution in [1.29, 1.82) is 0 Å². The zero-order valence-electron chi connectivity index (χ0n) is 23.9. The molecule has 1 aliphatic carbocycles. The minimum atomic E-state index is -0.749. The van der Waals surface area contributed by atoms with Crippen molar-refractivity contribution in [2.75, 3.05) is 6.61 Å². The summed E-state index contributed by atoms with van der Waals surface area (Å²) in [5.41, 5.74) is 3.19. The maximum Gasteiger partial charge on any atom is 0.356 e. The Morgan fingerprint density at radius 1 is 0.930 bits per heavy atom. The van der Waals surface area contributed by atoms with Gasteiger partial charge >= 0.3 is 5.97 Å². The second-order valence-corrected chi connectivity index (χ2v) is 12.1. The van der Waals surface area contributed by atoms with E-state index in [1.807, 2.05) is 66.9 Å². The first kappa shape index (κ1) is 28.8. The molecular formula is C34H29Cl2N3O4. The van der Waals surface area contributed by atoms with E-state index in [1.165, 1.54) is 4.68 Å². The highest BCUT2D eigenvalue weighted by atomic mass is 35.5. The average molecular weight is 615 g/mol. The van der Waals surface area contributed by atoms with Gasteiger partial charge in [0.25, 0.3) is 5.56 Å². The van der Waals surface area contributed by atoms with Gasteiger partial charge in [-0.15, -0.1) is 0 Å². The van der Waals surface area contributed by atoms with Crippen molar-refractivity contribution < 1.29 is 14.3 Å². The van der Waals surface area contributed by atoms with E-state index in [1.54, 1.807) is 43.3 Å². The van der Waals surface area contributed by atoms with Crippen molar-refractivity contribution >= 4 is 35.0 Å². The lowest BCUT2D eigenvalue weighted by Crippen LogP contribution is -2.37. The Kier molecular flexibility index (Phi) is 7.40. The van der Waals surface area contributed by atoms with E-state index in [2.05, 4.69) is 5.10 Å². The number of Topliss-reactive ketones (excluding diaryl/α,β-unsaturated/α-hetero) is 1. The second kappa shape index (κ2) is 11.1. The summed E-state index contributed by atoms with van der Waals surface area (Å²) in [6.07, 6.45) is 0.174. The molecule has 0 fully saturated rings. The number of carbonyl (C=O) groups excluding carboxylic acids is 2. The molecule has 7 nitrogen and oxygen atoms in total. The molecule has 0 bridgehead atoms. The maximum absolute atomic E-state index is 14.4. The van der Waals surface area contributed by atoms with Gasteiger partial charge in [0, 0.05) is 39.3 Å². The minimum absolute atomic E-state index is 0.0456. The Bertz CT molecular complexity index is 1900. The highest BCUT2D eigenvalue weighted by Crippen LogP contribution is 2.51. The second-order valence-electron chi connectivity index (χ2n) is 11.3. The summed E-state index contributed by atoms with van der Waals surface area (Å²) >= 11 is 12.5. The predicted octanol–water partition coefficient (Wildman–Crippen LogP) is 7.85. The minimum Gasteiger partial charge on any atom is -0.461 e. The van der Waals surface area contributed by atoms with Crippen LogP contribution in [-0.4, -0.2) is 32.7 Å². The molecular weight excluding hydrogens is 585 g/mol. The molecule has 5 aromatic rings. The average Bonchev–Trinajstić information content (AvgIpc) is 3.53. The predicted molar refractivity (Wildman–Crippen MR) is 168 cm³/mol. The fourth-order valence-electron chi connectivity index (χ4n) is 6.08. The largest absolute Gasteiger partial charge is 0.461 e. The number of carbonyl (C=O) groups is 2. The number of hydrogen-bond acceptors (Lipinski definition) is 4. The Labute approximate surface area is 258 Å². The van der Waals surface area contributed by atoms with Gasteiger partial charge in [-0.2, -0.15) is 0 Å². The summed E-state index contributed by atoms with van der Waals surface area (Å²) < 4.78 is 8.79. The molecule has 0 saturated heterocycles. The lowest BCUT2D eigenvalue weighted by Gasteiger charge is -2.38. The van der Waals surface area contributed by atoms with E-state index in [0.29, 0.717) is 27.0 Å². The Morgan fingerprint density at radius 2 is 1.56 bits per heavy atom. The number of ether oxygens (including phenoxy) is 1. The van der Waals surface area contributed by atoms with Crippen LogP contribution in [0.25, 0.3) is 22.6 Å². The molecule has 3 aromatic carbocycles. The molecule has 0 aliphatic heterocycles. The summed E-state index contributed by atoms with van der Waals surface area (Å²) in [6, 6.07) is 25.6. The number of aromatic nitrogens is 3. The molecule has 0 spiro atoms. The number of halogens is 2. The number of hydrogen-bond donors (Lipinski definition) is 1. The number of esters is 1. The molecule has 1 aliphatic rings. The van der Waals surface area contributed by atoms with Crippen LogP contribution in [0.2, 0.25) is 10.0 Å². The molecule has 2 heterocycles. The van der Waals surface area contributed by atoms with Gasteiger partial charge in [-0.05, 0) is 72.5 Å². The monoisotopic (exact) mass is 613 g/mol. The van der Waals surface area contributed by atoms with Gasteiger partial charge in [0.1, 0.15) is 5.69 Å². The van der Waals surface area contributed by atoms with Gasteiger partial charge in [0.15, 0.2) is 5.78 Å². The van der Waals surface area contributed by atoms with Gasteiger partial charge < -0.3 is 9.30 Å². The van der Waals surface area contributed by atoms with Gasteiger partial charge in [0.05, 0.1) is 23.6 Å². The van der Waals surface area contributed by atoms with Gasteiger partial charge in [-0.25, -0.2) is 9.48 Å². The molecule has 6 rings (SSSR count). The number of nitrogens with zero attached hydrogens (tertiary/aromatic N) is 2. The fourth-order valence-corrected chi connectivity index (χ4v) is 6.33. The van der Waals surface area contributed by atoms with Crippen LogP contribution in [0.4, 0.5) is 0 Å². The topological polar surface area (TPSA) is 86.1 Å². The SMILES string of the molecule is CCOC(=O)c1[nH]n(-c2ccccc2)c(=O)c1C1c2c(cc(-c3ccc(Cl)cc3)n2-c2ccc(Cl)cc2)C(=O)CC1(C)C. The molecule has 1 unspecified atom stereocenters. The Hall–Kier alpha value is -4.33. The number of rotatable bonds is 6. The van der Waals surface area contributed by atoms with E-state index in [4.69, 9.17) is 27.9 Å². The number of ketones is 1. The lowest BCUT2D eigenvalue weighted by molar-refractivity contribution is 0.0516. The van der Waals surface area contributed by atoms with E-state index in [-0.39, 0.29) is 35.6 Å². The number of benzene rings is 3. The number of H-pyrrole nitrogens is 1. The highest BCUT2D eigenvalue weighted by Gasteiger charge is 2.47. The molecule has 43 heavy (non-hydrogen) atoms. The van der Waals surface area contributed by atoms with E-state index in [9.17, 15) is 14.4 Å². The number of aromatic amines is 1. The third kappa shape index (κ3) is 5.02. The van der Waals surface area contributed by atoms with Crippen molar-refractivity contribution in [3.05, 3.63) is 128 Å². The molecule has 1 atom stereocenters. The summed E-state index contributed by atoms with van der Waals surface area (Å²) in [7, 11) is 0. The van der Waals surface area contributed by atoms with Crippen LogP contribution in [0.3, 0.4) is 0 Å². The summed E-state index contributed by atoms with van der Waals surface area (Å²) in [5, 5.41) is 4.19. The smallest absolute Gasteiger partial charge is 0.356 e. The molecule has 218 valence electrons. The standard InChI is InChI=1S/C34H29Cl2N3O4/c1-4-43-33(42)30-28(32(41)39(37-30)24-8-6-5-7-9-24)29-31-25(27(40)19-34(29,2)3)18-26(20-10-12-21(35)13-11-20)38(31)23-16-14-22(36)15-17-23/h5-18,29,37H,4,19H2,1-3H3. The Morgan fingerprint density at radius 3 is 2.19 bits per heavy atom. The summed E-state index contributed by atoms with van der Waals surface area (Å²) in [6.45, 7) is 5.76. The molecule has 0 amide bonds. The van der Waals surface area contributed by atoms with Crippen LogP contribution in [-0.2, 0) is 4.74 Å². The van der Waals surface area contributed by atoms with E-state index in [0.717, 1.165) is 16.9 Å². The first-order valence-corrected chi connectivity index (χ1v) is 14.7. The third-order valence-electron chi connectivity index (χ3n) is 7.94. The molecule has 0 radical (unpaired) electrons. The highest BCUT2D eigenvalue weighted by molar-refractivity contribution is 6.30. The lowest BCUT2D eigenvalue weighted by atomic mass is 9.65. The Balaban J connectivity index is 1.71. The fraction of sp³-hybridized carbons (Fsp3) is 0.206. The van der Waals surface area contributed by atoms with Crippen LogP contribution in [0, 0.1) is 5.41 Å². The van der Waals surface area contributed by atoms with E-state index >= 15 is 0 Å². The van der Waals surface area contributed by atoms with Crippen molar-refractivity contribution in [2.45, 2.75) is 33.1 Å². The normalized spacial score (nSPS) is 15.7. The quantitative estimate of drug-likeness (QED) is 0.198. The van der Waals surface area contributed by atoms with Crippen LogP contribution < -0.4 is 5.56 Å². The number of fused-ring (bicyclic) bond motifs is 1. The van der Waals surface area contributed by atoms with Gasteiger partial charge in [0.2, 0.25) is 0 Å². The number of nitrogens with one attached hydrogen (secondary N) is 1. The summed E-state index contributed by atoms with van der Waals surface area (Å²) in [4.78, 5) is 41.6. The van der Waals surface area contributed by atoms with E-state index < -0.39 is 17.3 Å². The zero-order valence-corrected chi connectivity index (χ0v) is 25.4. The van der Waals surface area contributed by atoms with Crippen molar-refractivity contribution in [3.63, 3.8) is 0 Å². The van der Waals surface area contributed by atoms with Crippen molar-refractivity contribution in [3.8, 4) is 22.6 Å². The van der Waals surface area contributed by atoms with Crippen LogP contribution >= 0.6 is 23.2 Å². The van der Waals surface area contributed by atoms with Crippen LogP contribution in [0.5, 0.6) is 0 Å². The first-order chi connectivity index (χ1) is 20.6. The molecule has 9 heteroatoms. The first-order valence-electron chi connectivity index (χ1n) is 14.0. The van der Waals surface area contributed by atoms with Gasteiger partial charge in [-0.1, -0.05) is 67.4 Å². The van der Waals surface area contributed by atoms with Crippen molar-refractivity contribution in [2.24, 2.45) is 5.41 Å². The van der Waals surface area contributed by atoms with Crippen molar-refractivity contribution in [1.82, 2.24) is 14.3 Å². The zero-order chi connectivity index (χ0) is 30.5. The molecule has 1 N–H and O–H groups in total. The molecule has 0 saturated carbocycles. The maximum atomic E-state index is 14.4. The number of para-hydroxylation sites is 1. The molecule has 2 aromatic heterocycles.